The summed E-state index contributed by atoms with van der Waals surface area (Å²) in [7, 11) is 0. The summed E-state index contributed by atoms with van der Waals surface area (Å²) >= 11 is 0. The number of halogens is 3. The van der Waals surface area contributed by atoms with Crippen LogP contribution in [0.4, 0.5) is 18.9 Å². The third kappa shape index (κ3) is 2.12. The van der Waals surface area contributed by atoms with Crippen LogP contribution in [0, 0.1) is 10.1 Å². The quantitative estimate of drug-likeness (QED) is 0.584. The van der Waals surface area contributed by atoms with Crippen molar-refractivity contribution in [2.24, 2.45) is 0 Å². The Morgan fingerprint density at radius 3 is 2.19 bits per heavy atom. The Kier molecular flexibility index (Phi) is 2.89. The fourth-order valence-corrected chi connectivity index (χ4v) is 1.01. The monoisotopic (exact) mass is 234 g/mol. The normalized spacial score (nSPS) is 12.6. The van der Waals surface area contributed by atoms with Gasteiger partial charge in [-0.05, 0) is 19.9 Å². The van der Waals surface area contributed by atoms with E-state index in [1.54, 1.807) is 0 Å². The maximum absolute atomic E-state index is 12.6. The predicted octanol–water partition coefficient (Wildman–Crippen LogP) is 2.83. The molecule has 88 valence electrons. The van der Waals surface area contributed by atoms with Crippen molar-refractivity contribution in [3.8, 4) is 0 Å². The highest BCUT2D eigenvalue weighted by Gasteiger charge is 2.49. The summed E-state index contributed by atoms with van der Waals surface area (Å²) in [6, 6.07) is 2.03. The van der Waals surface area contributed by atoms with Gasteiger partial charge in [-0.25, -0.2) is 0 Å². The van der Waals surface area contributed by atoms with E-state index in [0.29, 0.717) is 0 Å². The molecule has 1 rings (SSSR count). The first kappa shape index (κ1) is 12.4. The van der Waals surface area contributed by atoms with Crippen molar-refractivity contribution >= 4 is 5.69 Å². The van der Waals surface area contributed by atoms with E-state index in [9.17, 15) is 23.3 Å². The molecule has 0 bridgehead atoms. The molecule has 4 nitrogen and oxygen atoms in total. The van der Waals surface area contributed by atoms with Gasteiger partial charge in [0.2, 0.25) is 0 Å². The number of pyridine rings is 1. The van der Waals surface area contributed by atoms with Gasteiger partial charge in [-0.2, -0.15) is 13.2 Å². The van der Waals surface area contributed by atoms with Crippen LogP contribution in [0.1, 0.15) is 19.5 Å². The van der Waals surface area contributed by atoms with Gasteiger partial charge in [0.05, 0.1) is 10.6 Å². The summed E-state index contributed by atoms with van der Waals surface area (Å²) < 4.78 is 37.8. The molecule has 0 aromatic carbocycles. The Labute approximate surface area is 89.3 Å². The molecule has 0 N–H and O–H groups in total. The maximum atomic E-state index is 12.6. The summed E-state index contributed by atoms with van der Waals surface area (Å²) in [5, 5.41) is 10.3. The minimum atomic E-state index is -4.45. The molecule has 0 atom stereocenters. The largest absolute Gasteiger partial charge is 0.399 e. The summed E-state index contributed by atoms with van der Waals surface area (Å²) in [4.78, 5) is 13.1. The lowest BCUT2D eigenvalue weighted by Crippen LogP contribution is -2.37. The van der Waals surface area contributed by atoms with E-state index in [-0.39, 0.29) is 11.4 Å². The molecule has 0 amide bonds. The zero-order valence-electron chi connectivity index (χ0n) is 8.58. The van der Waals surface area contributed by atoms with Crippen molar-refractivity contribution in [3.05, 3.63) is 34.1 Å². The smallest absolute Gasteiger partial charge is 0.258 e. The second kappa shape index (κ2) is 3.73. The third-order valence-corrected chi connectivity index (χ3v) is 2.31. The number of aromatic nitrogens is 1. The lowest BCUT2D eigenvalue weighted by atomic mass is 9.88. The van der Waals surface area contributed by atoms with Gasteiger partial charge in [0.25, 0.3) is 5.69 Å². The average Bonchev–Trinajstić information content (AvgIpc) is 2.16. The minimum Gasteiger partial charge on any atom is -0.258 e. The van der Waals surface area contributed by atoms with Crippen molar-refractivity contribution in [2.75, 3.05) is 0 Å². The van der Waals surface area contributed by atoms with Crippen LogP contribution in [-0.2, 0) is 5.41 Å². The Bertz CT molecular complexity index is 398. The molecule has 0 unspecified atom stereocenters. The van der Waals surface area contributed by atoms with Crippen LogP contribution in [0.15, 0.2) is 18.3 Å². The molecule has 0 spiro atoms. The molecule has 1 heterocycles. The first-order chi connectivity index (χ1) is 7.16. The third-order valence-electron chi connectivity index (χ3n) is 2.31. The second-order valence-electron chi connectivity index (χ2n) is 3.78. The Morgan fingerprint density at radius 2 is 1.88 bits per heavy atom. The molecular formula is C9H9F3N2O2. The van der Waals surface area contributed by atoms with Crippen molar-refractivity contribution < 1.29 is 18.1 Å². The average molecular weight is 234 g/mol. The van der Waals surface area contributed by atoms with E-state index in [2.05, 4.69) is 4.98 Å². The van der Waals surface area contributed by atoms with E-state index < -0.39 is 16.5 Å². The number of nitro groups is 1. The molecule has 0 aliphatic rings. The van der Waals surface area contributed by atoms with Crippen LogP contribution in [0.25, 0.3) is 0 Å². The van der Waals surface area contributed by atoms with Crippen molar-refractivity contribution in [1.29, 1.82) is 0 Å². The molecule has 16 heavy (non-hydrogen) atoms. The molecule has 0 saturated heterocycles. The highest BCUT2D eigenvalue weighted by molar-refractivity contribution is 5.30. The fraction of sp³-hybridized carbons (Fsp3) is 0.444. The predicted molar refractivity (Wildman–Crippen MR) is 50.0 cm³/mol. The molecule has 0 aliphatic carbocycles. The minimum absolute atomic E-state index is 0.245. The van der Waals surface area contributed by atoms with E-state index >= 15 is 0 Å². The molecule has 7 heteroatoms. The number of rotatable bonds is 2. The van der Waals surface area contributed by atoms with Crippen molar-refractivity contribution in [2.45, 2.75) is 25.4 Å². The Balaban J connectivity index is 3.11. The number of alkyl halides is 3. The van der Waals surface area contributed by atoms with Crippen LogP contribution in [-0.4, -0.2) is 16.1 Å². The number of hydrogen-bond donors (Lipinski definition) is 0. The molecule has 1 aromatic rings. The van der Waals surface area contributed by atoms with Crippen LogP contribution >= 0.6 is 0 Å². The highest BCUT2D eigenvalue weighted by atomic mass is 19.4. The summed E-state index contributed by atoms with van der Waals surface area (Å²) in [6.45, 7) is 1.95. The van der Waals surface area contributed by atoms with Gasteiger partial charge < -0.3 is 0 Å². The van der Waals surface area contributed by atoms with Crippen molar-refractivity contribution in [3.63, 3.8) is 0 Å². The first-order valence-corrected chi connectivity index (χ1v) is 4.34. The van der Waals surface area contributed by atoms with Gasteiger partial charge in [0, 0.05) is 6.07 Å². The van der Waals surface area contributed by atoms with Crippen LogP contribution < -0.4 is 0 Å². The molecule has 0 fully saturated rings. The van der Waals surface area contributed by atoms with Gasteiger partial charge in [0.15, 0.2) is 0 Å². The number of hydrogen-bond acceptors (Lipinski definition) is 3. The van der Waals surface area contributed by atoms with Crippen molar-refractivity contribution in [1.82, 2.24) is 4.98 Å². The summed E-state index contributed by atoms with van der Waals surface area (Å²) in [6.07, 6.45) is -3.63. The first-order valence-electron chi connectivity index (χ1n) is 4.34. The summed E-state index contributed by atoms with van der Waals surface area (Å²) in [5.74, 6) is 0. The lowest BCUT2D eigenvalue weighted by Gasteiger charge is -2.26. The molecule has 0 saturated carbocycles. The lowest BCUT2D eigenvalue weighted by molar-refractivity contribution is -0.385. The van der Waals surface area contributed by atoms with E-state index in [4.69, 9.17) is 0 Å². The van der Waals surface area contributed by atoms with E-state index in [1.165, 1.54) is 0 Å². The Hall–Kier alpha value is -1.66. The van der Waals surface area contributed by atoms with Gasteiger partial charge in [-0.15, -0.1) is 0 Å². The standard InChI is InChI=1S/C9H9F3N2O2/c1-8(2,9(10,11)12)7-4-3-6(5-13-7)14(15)16/h3-5H,1-2H3. The zero-order chi connectivity index (χ0) is 12.6. The zero-order valence-corrected chi connectivity index (χ0v) is 8.58. The molecule has 0 radical (unpaired) electrons. The summed E-state index contributed by atoms with van der Waals surface area (Å²) in [5.41, 5.74) is -2.70. The van der Waals surface area contributed by atoms with Crippen LogP contribution in [0.2, 0.25) is 0 Å². The molecule has 1 aromatic heterocycles. The van der Waals surface area contributed by atoms with E-state index in [0.717, 1.165) is 32.2 Å². The molecule has 0 aliphatic heterocycles. The highest BCUT2D eigenvalue weighted by Crippen LogP contribution is 2.39. The van der Waals surface area contributed by atoms with Crippen LogP contribution in [0.3, 0.4) is 0 Å². The number of nitrogens with zero attached hydrogens (tertiary/aromatic N) is 2. The Morgan fingerprint density at radius 1 is 1.31 bits per heavy atom. The van der Waals surface area contributed by atoms with Gasteiger partial charge in [0.1, 0.15) is 11.6 Å². The van der Waals surface area contributed by atoms with Crippen LogP contribution in [0.5, 0.6) is 0 Å². The second-order valence-corrected chi connectivity index (χ2v) is 3.78. The van der Waals surface area contributed by atoms with Gasteiger partial charge in [-0.3, -0.25) is 15.1 Å². The van der Waals surface area contributed by atoms with Gasteiger partial charge >= 0.3 is 6.18 Å². The topological polar surface area (TPSA) is 56.0 Å². The maximum Gasteiger partial charge on any atom is 0.399 e. The molecular weight excluding hydrogens is 225 g/mol. The SMILES string of the molecule is CC(C)(c1ccc([N+](=O)[O-])cn1)C(F)(F)F. The van der Waals surface area contributed by atoms with Gasteiger partial charge in [-0.1, -0.05) is 0 Å². The van der Waals surface area contributed by atoms with E-state index in [1.807, 2.05) is 0 Å². The fourth-order valence-electron chi connectivity index (χ4n) is 1.01.